The van der Waals surface area contributed by atoms with Crippen LogP contribution >= 0.6 is 23.4 Å². The average molecular weight is 584 g/mol. The van der Waals surface area contributed by atoms with Crippen LogP contribution in [0.15, 0.2) is 101 Å². The first-order valence-corrected chi connectivity index (χ1v) is 14.5. The minimum Gasteiger partial charge on any atom is -0.411 e. The van der Waals surface area contributed by atoms with Crippen LogP contribution in [0.3, 0.4) is 0 Å². The summed E-state index contributed by atoms with van der Waals surface area (Å²) < 4.78 is 5.78. The Balaban J connectivity index is 0.979. The van der Waals surface area contributed by atoms with Crippen molar-refractivity contribution in [2.45, 2.75) is 5.22 Å². The van der Waals surface area contributed by atoms with Crippen LogP contribution in [0.5, 0.6) is 0 Å². The number of anilines is 2. The van der Waals surface area contributed by atoms with Crippen molar-refractivity contribution in [2.75, 3.05) is 42.1 Å². The fraction of sp³-hybridized carbons (Fsp3) is 0.161. The van der Waals surface area contributed by atoms with Gasteiger partial charge in [0, 0.05) is 53.7 Å². The highest BCUT2D eigenvalue weighted by Gasteiger charge is 2.22. The highest BCUT2D eigenvalue weighted by atomic mass is 35.5. The van der Waals surface area contributed by atoms with Gasteiger partial charge in [0.2, 0.25) is 11.8 Å². The van der Waals surface area contributed by atoms with E-state index in [2.05, 4.69) is 26.5 Å². The molecule has 0 radical (unpaired) electrons. The van der Waals surface area contributed by atoms with E-state index in [1.165, 1.54) is 11.8 Å². The Morgan fingerprint density at radius 2 is 1.59 bits per heavy atom. The molecule has 5 aromatic rings. The van der Waals surface area contributed by atoms with Gasteiger partial charge < -0.3 is 19.5 Å². The van der Waals surface area contributed by atoms with E-state index >= 15 is 0 Å². The average Bonchev–Trinajstić information content (AvgIpc) is 3.50. The summed E-state index contributed by atoms with van der Waals surface area (Å²) in [5, 5.41) is 14.3. The number of hydrogen-bond acceptors (Lipinski definition) is 7. The third-order valence-electron chi connectivity index (χ3n) is 6.90. The largest absolute Gasteiger partial charge is 0.411 e. The maximum atomic E-state index is 12.8. The van der Waals surface area contributed by atoms with Gasteiger partial charge in [-0.25, -0.2) is 0 Å². The summed E-state index contributed by atoms with van der Waals surface area (Å²) in [6.45, 7) is 2.73. The normalized spacial score (nSPS) is 13.4. The molecule has 1 fully saturated rings. The summed E-state index contributed by atoms with van der Waals surface area (Å²) >= 11 is 7.13. The summed E-state index contributed by atoms with van der Waals surface area (Å²) in [6, 6.07) is 28.8. The van der Waals surface area contributed by atoms with Gasteiger partial charge in [-0.3, -0.25) is 9.59 Å². The SMILES string of the molecule is O=C(CSc1nnc(-c2ccc3ccccc3c2)o1)Nc1ccc(N2CCN(C(=O)c3ccc(Cl)cc3)CC2)cc1. The van der Waals surface area contributed by atoms with Crippen LogP contribution < -0.4 is 10.2 Å². The van der Waals surface area contributed by atoms with E-state index in [1.807, 2.05) is 65.6 Å². The number of amides is 2. The smallest absolute Gasteiger partial charge is 0.277 e. The van der Waals surface area contributed by atoms with Crippen LogP contribution in [-0.2, 0) is 4.79 Å². The van der Waals surface area contributed by atoms with Crippen molar-refractivity contribution >= 4 is 57.3 Å². The van der Waals surface area contributed by atoms with E-state index in [9.17, 15) is 9.59 Å². The van der Waals surface area contributed by atoms with Gasteiger partial charge in [-0.1, -0.05) is 53.7 Å². The zero-order valence-electron chi connectivity index (χ0n) is 22.0. The number of benzene rings is 4. The Morgan fingerprint density at radius 3 is 2.34 bits per heavy atom. The zero-order valence-corrected chi connectivity index (χ0v) is 23.6. The lowest BCUT2D eigenvalue weighted by molar-refractivity contribution is -0.113. The minimum atomic E-state index is -0.164. The van der Waals surface area contributed by atoms with E-state index in [0.717, 1.165) is 35.1 Å². The van der Waals surface area contributed by atoms with E-state index in [4.69, 9.17) is 16.0 Å². The Kier molecular flexibility index (Phi) is 7.89. The number of halogens is 1. The number of aromatic nitrogens is 2. The van der Waals surface area contributed by atoms with Crippen molar-refractivity contribution < 1.29 is 14.0 Å². The number of hydrogen-bond donors (Lipinski definition) is 1. The van der Waals surface area contributed by atoms with E-state index in [0.29, 0.717) is 40.5 Å². The summed E-state index contributed by atoms with van der Waals surface area (Å²) in [7, 11) is 0. The van der Waals surface area contributed by atoms with Gasteiger partial charge in [0.25, 0.3) is 11.1 Å². The lowest BCUT2D eigenvalue weighted by Crippen LogP contribution is -2.48. The number of nitrogens with one attached hydrogen (secondary N) is 1. The molecule has 1 aromatic heterocycles. The first kappa shape index (κ1) is 26.9. The number of nitrogens with zero attached hydrogens (tertiary/aromatic N) is 4. The Labute approximate surface area is 246 Å². The van der Waals surface area contributed by atoms with Gasteiger partial charge in [0.1, 0.15) is 0 Å². The topological polar surface area (TPSA) is 91.6 Å². The molecule has 0 spiro atoms. The predicted molar refractivity (Wildman–Crippen MR) is 163 cm³/mol. The summed E-state index contributed by atoms with van der Waals surface area (Å²) in [6.07, 6.45) is 0. The van der Waals surface area contributed by atoms with Crippen molar-refractivity contribution in [3.63, 3.8) is 0 Å². The molecule has 0 aliphatic carbocycles. The van der Waals surface area contributed by atoms with Crippen molar-refractivity contribution in [2.24, 2.45) is 0 Å². The van der Waals surface area contributed by atoms with Crippen LogP contribution in [0.1, 0.15) is 10.4 Å². The van der Waals surface area contributed by atoms with Crippen LogP contribution in [0.2, 0.25) is 5.02 Å². The maximum Gasteiger partial charge on any atom is 0.277 e. The molecule has 2 heterocycles. The second-order valence-electron chi connectivity index (χ2n) is 9.60. The summed E-state index contributed by atoms with van der Waals surface area (Å²) in [5.41, 5.74) is 3.23. The van der Waals surface area contributed by atoms with Gasteiger partial charge in [0.15, 0.2) is 0 Å². The fourth-order valence-corrected chi connectivity index (χ4v) is 5.42. The molecule has 6 rings (SSSR count). The third-order valence-corrected chi connectivity index (χ3v) is 7.97. The van der Waals surface area contributed by atoms with Crippen molar-refractivity contribution in [1.29, 1.82) is 0 Å². The Bertz CT molecular complexity index is 1680. The van der Waals surface area contributed by atoms with E-state index in [1.54, 1.807) is 24.3 Å². The number of piperazine rings is 1. The lowest BCUT2D eigenvalue weighted by Gasteiger charge is -2.36. The number of carbonyl (C=O) groups excluding carboxylic acids is 2. The molecule has 1 saturated heterocycles. The van der Waals surface area contributed by atoms with Gasteiger partial charge in [0.05, 0.1) is 5.75 Å². The first-order chi connectivity index (χ1) is 20.0. The second-order valence-corrected chi connectivity index (χ2v) is 11.0. The molecule has 41 heavy (non-hydrogen) atoms. The van der Waals surface area contributed by atoms with E-state index < -0.39 is 0 Å². The second kappa shape index (κ2) is 12.0. The van der Waals surface area contributed by atoms with Crippen LogP contribution in [-0.4, -0.2) is 58.8 Å². The summed E-state index contributed by atoms with van der Waals surface area (Å²) in [5.74, 6) is 0.416. The van der Waals surface area contributed by atoms with Crippen LogP contribution in [0.4, 0.5) is 11.4 Å². The molecule has 10 heteroatoms. The quantitative estimate of drug-likeness (QED) is 0.227. The van der Waals surface area contributed by atoms with Crippen molar-refractivity contribution in [1.82, 2.24) is 15.1 Å². The molecule has 1 aliphatic rings. The predicted octanol–water partition coefficient (Wildman–Crippen LogP) is 6.24. The molecule has 0 atom stereocenters. The van der Waals surface area contributed by atoms with Crippen molar-refractivity contribution in [3.05, 3.63) is 102 Å². The Morgan fingerprint density at radius 1 is 0.854 bits per heavy atom. The minimum absolute atomic E-state index is 0.0164. The van der Waals surface area contributed by atoms with Gasteiger partial charge in [-0.15, -0.1) is 10.2 Å². The highest BCUT2D eigenvalue weighted by molar-refractivity contribution is 7.99. The van der Waals surface area contributed by atoms with E-state index in [-0.39, 0.29) is 17.6 Å². The standard InChI is InChI=1S/C31H26ClN5O3S/c32-25-9-7-22(8-10-25)30(39)37-17-15-36(16-18-37)27-13-11-26(12-14-27)33-28(38)20-41-31-35-34-29(40-31)24-6-5-21-3-1-2-4-23(21)19-24/h1-14,19H,15-18,20H2,(H,33,38). The van der Waals surface area contributed by atoms with Crippen molar-refractivity contribution in [3.8, 4) is 11.5 Å². The molecule has 0 bridgehead atoms. The number of thioether (sulfide) groups is 1. The summed E-state index contributed by atoms with van der Waals surface area (Å²) in [4.78, 5) is 29.4. The first-order valence-electron chi connectivity index (χ1n) is 13.2. The number of rotatable bonds is 7. The molecule has 1 aliphatic heterocycles. The maximum absolute atomic E-state index is 12.8. The number of fused-ring (bicyclic) bond motifs is 1. The molecule has 0 unspecified atom stereocenters. The van der Waals surface area contributed by atoms with Crippen LogP contribution in [0.25, 0.3) is 22.2 Å². The zero-order chi connectivity index (χ0) is 28.2. The van der Waals surface area contributed by atoms with Gasteiger partial charge in [-0.2, -0.15) is 0 Å². The molecular weight excluding hydrogens is 558 g/mol. The van der Waals surface area contributed by atoms with Crippen LogP contribution in [0, 0.1) is 0 Å². The van der Waals surface area contributed by atoms with Gasteiger partial charge >= 0.3 is 0 Å². The molecule has 2 amide bonds. The molecular formula is C31H26ClN5O3S. The monoisotopic (exact) mass is 583 g/mol. The molecule has 8 nitrogen and oxygen atoms in total. The number of carbonyl (C=O) groups is 2. The molecule has 1 N–H and O–H groups in total. The lowest BCUT2D eigenvalue weighted by atomic mass is 10.1. The highest BCUT2D eigenvalue weighted by Crippen LogP contribution is 2.27. The fourth-order valence-electron chi connectivity index (χ4n) is 4.73. The molecule has 0 saturated carbocycles. The molecule has 4 aromatic carbocycles. The third kappa shape index (κ3) is 6.37. The molecule has 206 valence electrons. The van der Waals surface area contributed by atoms with Gasteiger partial charge in [-0.05, 0) is 71.4 Å². The Hall–Kier alpha value is -4.34.